The van der Waals surface area contributed by atoms with Crippen LogP contribution < -0.4 is 15.6 Å². The number of amides is 1. The molecule has 0 bridgehead atoms. The summed E-state index contributed by atoms with van der Waals surface area (Å²) in [6, 6.07) is 15.2. The van der Waals surface area contributed by atoms with Crippen LogP contribution in [0.5, 0.6) is 5.75 Å². The summed E-state index contributed by atoms with van der Waals surface area (Å²) in [6.45, 7) is 6.11. The molecular weight excluding hydrogens is 340 g/mol. The first-order chi connectivity index (χ1) is 13.0. The number of H-pyrrole nitrogens is 1. The Morgan fingerprint density at radius 3 is 2.63 bits per heavy atom. The third kappa shape index (κ3) is 4.37. The Bertz CT molecular complexity index is 1010. The normalized spacial score (nSPS) is 12.0. The van der Waals surface area contributed by atoms with Crippen LogP contribution in [-0.4, -0.2) is 23.5 Å². The van der Waals surface area contributed by atoms with Gasteiger partial charge in [-0.1, -0.05) is 30.3 Å². The summed E-state index contributed by atoms with van der Waals surface area (Å²) in [5, 5.41) is 3.83. The molecule has 1 amide bonds. The lowest BCUT2D eigenvalue weighted by molar-refractivity contribution is -0.127. The zero-order chi connectivity index (χ0) is 19.4. The molecule has 0 aliphatic carbocycles. The molecule has 5 heteroatoms. The smallest absolute Gasteiger partial charge is 0.260 e. The average Bonchev–Trinajstić information content (AvgIpc) is 2.66. The average molecular weight is 364 g/mol. The van der Waals surface area contributed by atoms with Gasteiger partial charge in [0.25, 0.3) is 11.5 Å². The third-order valence-electron chi connectivity index (χ3n) is 4.75. The van der Waals surface area contributed by atoms with Gasteiger partial charge in [-0.2, -0.15) is 0 Å². The first kappa shape index (κ1) is 18.7. The quantitative estimate of drug-likeness (QED) is 0.705. The first-order valence-corrected chi connectivity index (χ1v) is 9.07. The zero-order valence-electron chi connectivity index (χ0n) is 15.8. The maximum absolute atomic E-state index is 12.4. The van der Waals surface area contributed by atoms with Crippen LogP contribution in [0, 0.1) is 13.8 Å². The molecule has 0 radical (unpaired) electrons. The van der Waals surface area contributed by atoms with E-state index in [0.29, 0.717) is 24.3 Å². The summed E-state index contributed by atoms with van der Waals surface area (Å²) in [4.78, 5) is 27.5. The van der Waals surface area contributed by atoms with E-state index in [-0.39, 0.29) is 11.5 Å². The molecule has 1 aromatic heterocycles. The van der Waals surface area contributed by atoms with E-state index >= 15 is 0 Å². The molecule has 0 saturated heterocycles. The standard InChI is InChI=1S/C22H24N2O3/c1-14-9-10-17-13-18(22(26)24-20(17)15(14)2)11-12-23-21(25)16(3)27-19-7-5-4-6-8-19/h4-10,13,16H,11-12H2,1-3H3,(H,23,25)(H,24,26). The molecule has 2 N–H and O–H groups in total. The van der Waals surface area contributed by atoms with Crippen LogP contribution in [-0.2, 0) is 11.2 Å². The van der Waals surface area contributed by atoms with E-state index in [9.17, 15) is 9.59 Å². The highest BCUT2D eigenvalue weighted by atomic mass is 16.5. The number of aryl methyl sites for hydroxylation is 2. The molecule has 5 nitrogen and oxygen atoms in total. The molecule has 0 saturated carbocycles. The van der Waals surface area contributed by atoms with Crippen molar-refractivity contribution in [2.45, 2.75) is 33.3 Å². The number of nitrogens with one attached hydrogen (secondary N) is 2. The Morgan fingerprint density at radius 2 is 1.89 bits per heavy atom. The van der Waals surface area contributed by atoms with Gasteiger partial charge in [-0.15, -0.1) is 0 Å². The van der Waals surface area contributed by atoms with Crippen molar-refractivity contribution < 1.29 is 9.53 Å². The van der Waals surface area contributed by atoms with Gasteiger partial charge in [-0.25, -0.2) is 0 Å². The molecule has 3 aromatic rings. The number of aromatic amines is 1. The van der Waals surface area contributed by atoms with Gasteiger partial charge in [0.15, 0.2) is 6.10 Å². The van der Waals surface area contributed by atoms with Crippen molar-refractivity contribution in [3.8, 4) is 5.75 Å². The number of para-hydroxylation sites is 1. The van der Waals surface area contributed by atoms with Crippen molar-refractivity contribution in [1.82, 2.24) is 10.3 Å². The van der Waals surface area contributed by atoms with Gasteiger partial charge >= 0.3 is 0 Å². The summed E-state index contributed by atoms with van der Waals surface area (Å²) in [5.74, 6) is 0.444. The van der Waals surface area contributed by atoms with Crippen molar-refractivity contribution in [1.29, 1.82) is 0 Å². The molecule has 140 valence electrons. The summed E-state index contributed by atoms with van der Waals surface area (Å²) in [7, 11) is 0. The molecule has 0 aliphatic rings. The van der Waals surface area contributed by atoms with Gasteiger partial charge in [-0.3, -0.25) is 9.59 Å². The Kier molecular flexibility index (Phi) is 5.60. The summed E-state index contributed by atoms with van der Waals surface area (Å²) >= 11 is 0. The van der Waals surface area contributed by atoms with E-state index in [2.05, 4.69) is 10.3 Å². The van der Waals surface area contributed by atoms with Crippen LogP contribution >= 0.6 is 0 Å². The van der Waals surface area contributed by atoms with Gasteiger partial charge in [0.1, 0.15) is 5.75 Å². The number of carbonyl (C=O) groups is 1. The lowest BCUT2D eigenvalue weighted by Gasteiger charge is -2.14. The number of benzene rings is 2. The van der Waals surface area contributed by atoms with E-state index in [1.54, 1.807) is 6.92 Å². The molecule has 1 unspecified atom stereocenters. The van der Waals surface area contributed by atoms with Gasteiger partial charge < -0.3 is 15.0 Å². The number of aromatic nitrogens is 1. The van der Waals surface area contributed by atoms with Gasteiger partial charge in [0.2, 0.25) is 0 Å². The highest BCUT2D eigenvalue weighted by molar-refractivity contribution is 5.83. The molecular formula is C22H24N2O3. The van der Waals surface area contributed by atoms with E-state index in [0.717, 1.165) is 22.0 Å². The van der Waals surface area contributed by atoms with E-state index in [4.69, 9.17) is 4.74 Å². The molecule has 1 atom stereocenters. The Morgan fingerprint density at radius 1 is 1.15 bits per heavy atom. The van der Waals surface area contributed by atoms with E-state index < -0.39 is 6.10 Å². The highest BCUT2D eigenvalue weighted by Gasteiger charge is 2.14. The fourth-order valence-corrected chi connectivity index (χ4v) is 2.98. The van der Waals surface area contributed by atoms with Crippen LogP contribution in [0.2, 0.25) is 0 Å². The van der Waals surface area contributed by atoms with Crippen molar-refractivity contribution in [3.63, 3.8) is 0 Å². The number of fused-ring (bicyclic) bond motifs is 1. The predicted octanol–water partition coefficient (Wildman–Crippen LogP) is 3.27. The van der Waals surface area contributed by atoms with Crippen molar-refractivity contribution in [3.05, 3.63) is 75.6 Å². The molecule has 1 heterocycles. The maximum Gasteiger partial charge on any atom is 0.260 e. The van der Waals surface area contributed by atoms with Gasteiger partial charge in [0, 0.05) is 12.1 Å². The van der Waals surface area contributed by atoms with Crippen LogP contribution in [0.4, 0.5) is 0 Å². The minimum atomic E-state index is -0.604. The predicted molar refractivity (Wildman–Crippen MR) is 107 cm³/mol. The van der Waals surface area contributed by atoms with Gasteiger partial charge in [-0.05, 0) is 61.9 Å². The fourth-order valence-electron chi connectivity index (χ4n) is 2.98. The lowest BCUT2D eigenvalue weighted by atomic mass is 10.0. The first-order valence-electron chi connectivity index (χ1n) is 9.07. The monoisotopic (exact) mass is 364 g/mol. The summed E-state index contributed by atoms with van der Waals surface area (Å²) in [5.41, 5.74) is 3.64. The largest absolute Gasteiger partial charge is 0.481 e. The number of hydrogen-bond donors (Lipinski definition) is 2. The Labute approximate surface area is 158 Å². The maximum atomic E-state index is 12.4. The molecule has 0 aliphatic heterocycles. The second kappa shape index (κ2) is 8.08. The molecule has 3 rings (SSSR count). The zero-order valence-corrected chi connectivity index (χ0v) is 15.8. The molecule has 27 heavy (non-hydrogen) atoms. The van der Waals surface area contributed by atoms with Crippen molar-refractivity contribution in [2.75, 3.05) is 6.54 Å². The number of carbonyl (C=O) groups excluding carboxylic acids is 1. The van der Waals surface area contributed by atoms with E-state index in [1.807, 2.05) is 62.4 Å². The fraction of sp³-hybridized carbons (Fsp3) is 0.273. The van der Waals surface area contributed by atoms with Crippen LogP contribution in [0.15, 0.2) is 53.3 Å². The van der Waals surface area contributed by atoms with Crippen molar-refractivity contribution in [2.24, 2.45) is 0 Å². The highest BCUT2D eigenvalue weighted by Crippen LogP contribution is 2.19. The van der Waals surface area contributed by atoms with Crippen molar-refractivity contribution >= 4 is 16.8 Å². The Balaban J connectivity index is 1.61. The van der Waals surface area contributed by atoms with Gasteiger partial charge in [0.05, 0.1) is 5.52 Å². The number of pyridine rings is 1. The molecule has 0 fully saturated rings. The van der Waals surface area contributed by atoms with Crippen LogP contribution in [0.1, 0.15) is 23.6 Å². The minimum Gasteiger partial charge on any atom is -0.481 e. The topological polar surface area (TPSA) is 71.2 Å². The second-order valence-electron chi connectivity index (χ2n) is 6.71. The van der Waals surface area contributed by atoms with Crippen LogP contribution in [0.3, 0.4) is 0 Å². The number of hydrogen-bond acceptors (Lipinski definition) is 3. The molecule has 0 spiro atoms. The number of rotatable bonds is 6. The SMILES string of the molecule is Cc1ccc2cc(CCNC(=O)C(C)Oc3ccccc3)c(=O)[nH]c2c1C. The third-order valence-corrected chi connectivity index (χ3v) is 4.75. The minimum absolute atomic E-state index is 0.112. The molecule has 2 aromatic carbocycles. The summed E-state index contributed by atoms with van der Waals surface area (Å²) in [6.07, 6.45) is -0.143. The summed E-state index contributed by atoms with van der Waals surface area (Å²) < 4.78 is 5.60. The number of ether oxygens (including phenoxy) is 1. The lowest BCUT2D eigenvalue weighted by Crippen LogP contribution is -2.37. The van der Waals surface area contributed by atoms with Crippen LogP contribution in [0.25, 0.3) is 10.9 Å². The Hall–Kier alpha value is -3.08. The second-order valence-corrected chi connectivity index (χ2v) is 6.71. The van der Waals surface area contributed by atoms with E-state index in [1.165, 1.54) is 0 Å².